The van der Waals surface area contributed by atoms with E-state index in [1.54, 1.807) is 0 Å². The Bertz CT molecular complexity index is 2340. The molecule has 6 aromatic heterocycles. The summed E-state index contributed by atoms with van der Waals surface area (Å²) in [5, 5.41) is 5.65. The molecule has 0 fully saturated rings. The molecule has 0 N–H and O–H groups in total. The van der Waals surface area contributed by atoms with Crippen LogP contribution >= 0.6 is 45.3 Å². The monoisotopic (exact) mass is 654 g/mol. The van der Waals surface area contributed by atoms with Crippen LogP contribution in [0.5, 0.6) is 0 Å². The lowest BCUT2D eigenvalue weighted by Crippen LogP contribution is -1.99. The lowest BCUT2D eigenvalue weighted by atomic mass is 10.1. The third kappa shape index (κ3) is 3.96. The lowest BCUT2D eigenvalue weighted by Gasteiger charge is -2.09. The Labute approximate surface area is 276 Å². The molecular formula is C39H30N2S4. The Hall–Kier alpha value is -3.68. The smallest absolute Gasteiger partial charge is 0.0714 e. The Kier molecular flexibility index (Phi) is 6.15. The van der Waals surface area contributed by atoms with Gasteiger partial charge in [0, 0.05) is 53.4 Å². The number of hydrogen-bond acceptors (Lipinski definition) is 4. The maximum absolute atomic E-state index is 2.67. The van der Waals surface area contributed by atoms with E-state index in [1.807, 2.05) is 45.3 Å². The number of rotatable bonds is 8. The Morgan fingerprint density at radius 2 is 0.600 bits per heavy atom. The van der Waals surface area contributed by atoms with Gasteiger partial charge in [0.15, 0.2) is 0 Å². The predicted molar refractivity (Wildman–Crippen MR) is 204 cm³/mol. The first kappa shape index (κ1) is 26.5. The highest BCUT2D eigenvalue weighted by molar-refractivity contribution is 7.34. The van der Waals surface area contributed by atoms with E-state index in [9.17, 15) is 0 Å². The molecule has 0 aliphatic heterocycles. The molecule has 10 aromatic rings. The number of nitrogens with zero attached hydrogens (tertiary/aromatic N) is 2. The molecular weight excluding hydrogens is 625 g/mol. The molecule has 2 nitrogen and oxygen atoms in total. The molecule has 6 heteroatoms. The molecule has 0 unspecified atom stereocenters. The second-order valence-electron chi connectivity index (χ2n) is 12.2. The molecule has 0 amide bonds. The van der Waals surface area contributed by atoms with Crippen LogP contribution in [0.2, 0.25) is 0 Å². The Morgan fingerprint density at radius 3 is 0.911 bits per heavy atom. The van der Waals surface area contributed by atoms with E-state index in [4.69, 9.17) is 0 Å². The van der Waals surface area contributed by atoms with E-state index in [0.29, 0.717) is 0 Å². The topological polar surface area (TPSA) is 9.86 Å². The van der Waals surface area contributed by atoms with Gasteiger partial charge in [0.05, 0.1) is 40.9 Å². The molecule has 4 aromatic carbocycles. The van der Waals surface area contributed by atoms with Crippen LogP contribution in [0, 0.1) is 0 Å². The summed E-state index contributed by atoms with van der Waals surface area (Å²) in [5.41, 5.74) is 5.81. The minimum absolute atomic E-state index is 1.09. The third-order valence-electron chi connectivity index (χ3n) is 9.53. The van der Waals surface area contributed by atoms with Crippen LogP contribution in [0.15, 0.2) is 97.1 Å². The first-order valence-electron chi connectivity index (χ1n) is 16.0. The summed E-state index contributed by atoms with van der Waals surface area (Å²) in [4.78, 5) is 0. The van der Waals surface area contributed by atoms with Gasteiger partial charge in [-0.05, 0) is 37.1 Å². The van der Waals surface area contributed by atoms with Gasteiger partial charge in [-0.25, -0.2) is 0 Å². The maximum atomic E-state index is 2.67. The van der Waals surface area contributed by atoms with E-state index in [1.165, 1.54) is 113 Å². The summed E-state index contributed by atoms with van der Waals surface area (Å²) in [6, 6.07) is 35.9. The Balaban J connectivity index is 0.907. The largest absolute Gasteiger partial charge is 0.338 e. The summed E-state index contributed by atoms with van der Waals surface area (Å²) in [6.07, 6.45) is 6.25. The van der Waals surface area contributed by atoms with E-state index >= 15 is 0 Å². The second-order valence-corrected chi connectivity index (χ2v) is 16.4. The fraction of sp³-hybridized carbons (Fsp3) is 0.179. The summed E-state index contributed by atoms with van der Waals surface area (Å²) in [5.74, 6) is 0. The van der Waals surface area contributed by atoms with Crippen molar-refractivity contribution in [1.82, 2.24) is 9.13 Å². The number of aromatic nitrogens is 2. The van der Waals surface area contributed by atoms with Crippen LogP contribution in [0.25, 0.3) is 81.2 Å². The molecule has 6 heterocycles. The van der Waals surface area contributed by atoms with Gasteiger partial charge in [0.25, 0.3) is 0 Å². The van der Waals surface area contributed by atoms with Crippen molar-refractivity contribution in [3.8, 4) is 0 Å². The van der Waals surface area contributed by atoms with E-state index in [-0.39, 0.29) is 0 Å². The minimum atomic E-state index is 1.09. The first-order valence-corrected chi connectivity index (χ1v) is 19.2. The summed E-state index contributed by atoms with van der Waals surface area (Å²) >= 11 is 7.87. The quantitative estimate of drug-likeness (QED) is 0.144. The standard InChI is InChI=1S/C39H30N2S4/c1(2-12-22-40-32-24-14-4-8-18-28(24)42-36(32)37-33(40)25-15-5-9-19-29(25)43-37)3-13-23-41-34-26-16-6-10-20-30(26)44-38(34)39-35(41)27-17-7-11-21-31(27)45-39/h4-11,14-21H,1-3,12-13,22-23H2. The second kappa shape index (κ2) is 10.4. The Morgan fingerprint density at radius 1 is 0.333 bits per heavy atom. The highest BCUT2D eigenvalue weighted by Gasteiger charge is 2.21. The fourth-order valence-electron chi connectivity index (χ4n) is 7.56. The van der Waals surface area contributed by atoms with E-state index < -0.39 is 0 Å². The van der Waals surface area contributed by atoms with Crippen molar-refractivity contribution >= 4 is 127 Å². The number of benzene rings is 4. The number of thiophene rings is 4. The average molecular weight is 655 g/mol. The number of fused-ring (bicyclic) bond motifs is 14. The van der Waals surface area contributed by atoms with Crippen molar-refractivity contribution in [2.24, 2.45) is 0 Å². The molecule has 0 spiro atoms. The zero-order valence-corrected chi connectivity index (χ0v) is 28.0. The van der Waals surface area contributed by atoms with Crippen molar-refractivity contribution < 1.29 is 0 Å². The zero-order valence-electron chi connectivity index (χ0n) is 24.7. The van der Waals surface area contributed by atoms with Gasteiger partial charge in [-0.3, -0.25) is 0 Å². The molecule has 0 radical (unpaired) electrons. The molecule has 0 aliphatic rings. The van der Waals surface area contributed by atoms with Gasteiger partial charge in [0.2, 0.25) is 0 Å². The molecule has 0 saturated carbocycles. The van der Waals surface area contributed by atoms with Crippen molar-refractivity contribution in [2.75, 3.05) is 0 Å². The van der Waals surface area contributed by atoms with Gasteiger partial charge in [-0.1, -0.05) is 92.1 Å². The van der Waals surface area contributed by atoms with Crippen LogP contribution in [-0.4, -0.2) is 9.13 Å². The van der Waals surface area contributed by atoms with Crippen LogP contribution in [0.4, 0.5) is 0 Å². The van der Waals surface area contributed by atoms with Crippen LogP contribution in [0.1, 0.15) is 32.1 Å². The average Bonchev–Trinajstić information content (AvgIpc) is 3.89. The number of aryl methyl sites for hydroxylation is 2. The molecule has 0 aliphatic carbocycles. The minimum Gasteiger partial charge on any atom is -0.338 e. The van der Waals surface area contributed by atoms with Crippen LogP contribution in [-0.2, 0) is 13.1 Å². The lowest BCUT2D eigenvalue weighted by molar-refractivity contribution is 0.552. The molecule has 45 heavy (non-hydrogen) atoms. The van der Waals surface area contributed by atoms with Gasteiger partial charge >= 0.3 is 0 Å². The van der Waals surface area contributed by atoms with E-state index in [0.717, 1.165) is 13.1 Å². The molecule has 0 atom stereocenters. The van der Waals surface area contributed by atoms with Gasteiger partial charge < -0.3 is 9.13 Å². The molecule has 10 rings (SSSR count). The SMILES string of the molecule is c1ccc2c(c1)sc1c3sc4ccccc4c3n(CCCCCCCn3c4c5ccccc5sc4c4sc5ccccc5c43)c21. The van der Waals surface area contributed by atoms with Gasteiger partial charge in [-0.2, -0.15) is 0 Å². The number of hydrogen-bond donors (Lipinski definition) is 0. The van der Waals surface area contributed by atoms with Gasteiger partial charge in [-0.15, -0.1) is 45.3 Å². The molecule has 0 bridgehead atoms. The summed E-state index contributed by atoms with van der Waals surface area (Å²) in [7, 11) is 0. The highest BCUT2D eigenvalue weighted by Crippen LogP contribution is 2.48. The van der Waals surface area contributed by atoms with Crippen molar-refractivity contribution in [1.29, 1.82) is 0 Å². The summed E-state index contributed by atoms with van der Waals surface area (Å²) < 4.78 is 16.8. The van der Waals surface area contributed by atoms with Crippen molar-refractivity contribution in [3.63, 3.8) is 0 Å². The normalized spacial score (nSPS) is 12.6. The molecule has 220 valence electrons. The molecule has 0 saturated heterocycles. The maximum Gasteiger partial charge on any atom is 0.0714 e. The van der Waals surface area contributed by atoms with E-state index in [2.05, 4.69) is 106 Å². The fourth-order valence-corrected chi connectivity index (χ4v) is 12.6. The zero-order chi connectivity index (χ0) is 29.5. The summed E-state index contributed by atoms with van der Waals surface area (Å²) in [6.45, 7) is 2.17. The predicted octanol–water partition coefficient (Wildman–Crippen LogP) is 13.4. The van der Waals surface area contributed by atoms with Crippen molar-refractivity contribution in [3.05, 3.63) is 97.1 Å². The third-order valence-corrected chi connectivity index (χ3v) is 14.5. The van der Waals surface area contributed by atoms with Crippen molar-refractivity contribution in [2.45, 2.75) is 45.2 Å². The van der Waals surface area contributed by atoms with Gasteiger partial charge in [0.1, 0.15) is 0 Å². The van der Waals surface area contributed by atoms with Crippen LogP contribution < -0.4 is 0 Å². The number of unbranched alkanes of at least 4 members (excludes halogenated alkanes) is 4. The highest BCUT2D eigenvalue weighted by atomic mass is 32.1. The van der Waals surface area contributed by atoms with Crippen LogP contribution in [0.3, 0.4) is 0 Å². The first-order chi connectivity index (χ1) is 22.3.